The van der Waals surface area contributed by atoms with E-state index in [1.807, 2.05) is 0 Å². The van der Waals surface area contributed by atoms with Crippen LogP contribution in [0.1, 0.15) is 26.2 Å². The van der Waals surface area contributed by atoms with Crippen molar-refractivity contribution in [3.63, 3.8) is 0 Å². The third-order valence-corrected chi connectivity index (χ3v) is 3.70. The summed E-state index contributed by atoms with van der Waals surface area (Å²) in [7, 11) is 9.87. The number of benzene rings is 2. The summed E-state index contributed by atoms with van der Waals surface area (Å²) in [4.78, 5) is 0. The number of hydrogen-bond donors (Lipinski definition) is 0. The molecule has 0 radical (unpaired) electrons. The molecule has 0 saturated carbocycles. The van der Waals surface area contributed by atoms with Gasteiger partial charge in [0.2, 0.25) is 0 Å². The second-order valence-electron chi connectivity index (χ2n) is 5.88. The zero-order chi connectivity index (χ0) is 21.7. The summed E-state index contributed by atoms with van der Waals surface area (Å²) in [5, 5.41) is 5.32. The molecule has 0 heterocycles. The summed E-state index contributed by atoms with van der Waals surface area (Å²) >= 11 is -0.826. The van der Waals surface area contributed by atoms with E-state index in [9.17, 15) is 0 Å². The number of allylic oxidation sites excluding steroid dienone is 1. The zero-order valence-electron chi connectivity index (χ0n) is 17.2. The van der Waals surface area contributed by atoms with Crippen molar-refractivity contribution in [2.75, 3.05) is 0 Å². The predicted octanol–water partition coefficient (Wildman–Crippen LogP) is 9.51. The standard InChI is InChI=1S/2C9H7.C5H11.C3H5.2ClH.Zr/c2*1-2-5-9-7-3-6-8(9)4-1;1-3-5-4-2;1-3-2;;;/h2*1-7H;1,3-5H2,2H3;3H,1-2H2;2*1H;/q4*-1;;;+2/p-2. The fourth-order valence-corrected chi connectivity index (χ4v) is 2.39. The van der Waals surface area contributed by atoms with Gasteiger partial charge in [0, 0.05) is 0 Å². The molecule has 4 aromatic rings. The van der Waals surface area contributed by atoms with Crippen molar-refractivity contribution in [3.8, 4) is 0 Å². The van der Waals surface area contributed by atoms with Crippen LogP contribution >= 0.6 is 17.0 Å². The third-order valence-electron chi connectivity index (χ3n) is 3.70. The Labute approximate surface area is 195 Å². The third kappa shape index (κ3) is 13.6. The van der Waals surface area contributed by atoms with Gasteiger partial charge in [-0.3, -0.25) is 0 Å². The van der Waals surface area contributed by atoms with Crippen LogP contribution in [0.5, 0.6) is 0 Å². The van der Waals surface area contributed by atoms with E-state index in [-0.39, 0.29) is 0 Å². The first-order valence-electron chi connectivity index (χ1n) is 9.54. The van der Waals surface area contributed by atoms with Crippen LogP contribution in [0.25, 0.3) is 21.5 Å². The molecule has 4 rings (SSSR count). The summed E-state index contributed by atoms with van der Waals surface area (Å²) in [5.41, 5.74) is 0. The maximum atomic E-state index is 4.93. The Balaban J connectivity index is 0.000000370. The first-order valence-corrected chi connectivity index (χ1v) is 15.9. The van der Waals surface area contributed by atoms with Gasteiger partial charge in [0.15, 0.2) is 0 Å². The monoisotopic (exact) mass is 502 g/mol. The van der Waals surface area contributed by atoms with Gasteiger partial charge >= 0.3 is 37.9 Å². The first-order chi connectivity index (χ1) is 14.2. The Morgan fingerprint density at radius 3 is 1.55 bits per heavy atom. The van der Waals surface area contributed by atoms with Crippen LogP contribution in [0.4, 0.5) is 0 Å². The Morgan fingerprint density at radius 1 is 0.897 bits per heavy atom. The van der Waals surface area contributed by atoms with Crippen molar-refractivity contribution < 1.29 is 20.8 Å². The molecule has 3 heteroatoms. The summed E-state index contributed by atoms with van der Waals surface area (Å²) < 4.78 is 0. The summed E-state index contributed by atoms with van der Waals surface area (Å²) in [6, 6.07) is 29.3. The summed E-state index contributed by atoms with van der Waals surface area (Å²) in [6.07, 6.45) is 5.15. The number of unbranched alkanes of at least 4 members (excludes halogenated alkanes) is 2. The minimum absolute atomic E-state index is 0.826. The summed E-state index contributed by atoms with van der Waals surface area (Å²) in [6.45, 7) is 12.3. The molecule has 0 fully saturated rings. The Morgan fingerprint density at radius 2 is 1.28 bits per heavy atom. The number of hydrogen-bond acceptors (Lipinski definition) is 0. The van der Waals surface area contributed by atoms with Gasteiger partial charge < -0.3 is 6.92 Å². The van der Waals surface area contributed by atoms with E-state index in [1.165, 1.54) is 40.5 Å². The van der Waals surface area contributed by atoms with Gasteiger partial charge in [0.25, 0.3) is 0 Å². The number of fused-ring (bicyclic) bond motifs is 2. The summed E-state index contributed by atoms with van der Waals surface area (Å²) in [5.74, 6) is 0. The quantitative estimate of drug-likeness (QED) is 0.238. The second kappa shape index (κ2) is 20.0. The van der Waals surface area contributed by atoms with Gasteiger partial charge in [-0.15, -0.1) is 59.3 Å². The molecule has 0 N–H and O–H groups in total. The van der Waals surface area contributed by atoms with E-state index >= 15 is 0 Å². The normalized spacial score (nSPS) is 8.69. The van der Waals surface area contributed by atoms with Crippen LogP contribution in [0.3, 0.4) is 0 Å². The fraction of sp³-hybridized carbons (Fsp3) is 0.154. The van der Waals surface area contributed by atoms with E-state index in [0.717, 1.165) is 6.42 Å². The first kappa shape index (κ1) is 27.7. The predicted molar refractivity (Wildman–Crippen MR) is 131 cm³/mol. The van der Waals surface area contributed by atoms with Crippen LogP contribution in [0, 0.1) is 13.8 Å². The van der Waals surface area contributed by atoms with Crippen molar-refractivity contribution in [2.45, 2.75) is 26.2 Å². The minimum atomic E-state index is -0.826. The second-order valence-corrected chi connectivity index (χ2v) is 9.61. The van der Waals surface area contributed by atoms with Gasteiger partial charge in [-0.25, -0.2) is 19.6 Å². The van der Waals surface area contributed by atoms with Crippen molar-refractivity contribution in [1.82, 2.24) is 0 Å². The van der Waals surface area contributed by atoms with E-state index in [0.29, 0.717) is 0 Å². The molecule has 0 amide bonds. The molecule has 156 valence electrons. The number of rotatable bonds is 2. The average molecular weight is 505 g/mol. The van der Waals surface area contributed by atoms with Crippen LogP contribution in [-0.2, 0) is 20.8 Å². The Hall–Kier alpha value is -1.27. The molecule has 0 unspecified atom stereocenters. The average Bonchev–Trinajstić information content (AvgIpc) is 3.40. The molecule has 0 nitrogen and oxygen atoms in total. The van der Waals surface area contributed by atoms with Crippen LogP contribution in [0.2, 0.25) is 0 Å². The molecule has 0 spiro atoms. The van der Waals surface area contributed by atoms with Crippen molar-refractivity contribution in [2.24, 2.45) is 0 Å². The largest absolute Gasteiger partial charge is 0.168 e. The SMILES string of the molecule is C=C[CH2-].[CH2-]CCCC.[Cl][Zr][Cl].c1ccc2[cH-]ccc2c1.c1ccc2[cH-]ccc2c1. The molecule has 4 aromatic carbocycles. The molecule has 0 aromatic heterocycles. The van der Waals surface area contributed by atoms with Crippen LogP contribution < -0.4 is 0 Å². The maximum Gasteiger partial charge on any atom is -0.0809 e. The molecule has 0 aliphatic heterocycles. The van der Waals surface area contributed by atoms with Gasteiger partial charge in [0.1, 0.15) is 0 Å². The molecule has 29 heavy (non-hydrogen) atoms. The minimum Gasteiger partial charge on any atom is -0.168 e. The van der Waals surface area contributed by atoms with Gasteiger partial charge in [-0.05, 0) is 0 Å². The van der Waals surface area contributed by atoms with E-state index in [4.69, 9.17) is 17.0 Å². The van der Waals surface area contributed by atoms with Crippen LogP contribution in [-0.4, -0.2) is 0 Å². The number of halogens is 2. The van der Waals surface area contributed by atoms with Crippen molar-refractivity contribution in [1.29, 1.82) is 0 Å². The molecule has 0 aliphatic carbocycles. The fourth-order valence-electron chi connectivity index (χ4n) is 2.39. The van der Waals surface area contributed by atoms with E-state index < -0.39 is 20.8 Å². The molecule has 0 bridgehead atoms. The van der Waals surface area contributed by atoms with Crippen LogP contribution in [0.15, 0.2) is 97.6 Å². The van der Waals surface area contributed by atoms with Gasteiger partial charge in [0.05, 0.1) is 0 Å². The molecule has 0 saturated heterocycles. The van der Waals surface area contributed by atoms with E-state index in [2.05, 4.69) is 112 Å². The van der Waals surface area contributed by atoms with Crippen molar-refractivity contribution >= 4 is 38.6 Å². The molecule has 0 atom stereocenters. The van der Waals surface area contributed by atoms with Gasteiger partial charge in [-0.1, -0.05) is 31.9 Å². The van der Waals surface area contributed by atoms with Gasteiger partial charge in [-0.2, -0.15) is 41.5 Å². The topological polar surface area (TPSA) is 0 Å². The maximum absolute atomic E-state index is 4.93. The molecule has 0 aliphatic rings. The smallest absolute Gasteiger partial charge is 0.0809 e. The molecular weight excluding hydrogens is 474 g/mol. The Bertz CT molecular complexity index is 733. The van der Waals surface area contributed by atoms with Crippen molar-refractivity contribution in [3.05, 3.63) is 111 Å². The zero-order valence-corrected chi connectivity index (χ0v) is 21.1. The Kier molecular flexibility index (Phi) is 19.1. The molecular formula is C26H30Cl2Zr-4. The van der Waals surface area contributed by atoms with E-state index in [1.54, 1.807) is 0 Å².